The SMILES string of the molecule is [2H]c1c(-c2ccccc2)ccc2c1oc1c3c([2H])ccc([2H])c3c([2H])c(-c3nc(-c4ccccc4)nc(-c4c([2H])c5c([2H])ccc([2H])c5c5oc6c([2H])c(-c7ccccc7)ccc6c45)n3)c21. The highest BCUT2D eigenvalue weighted by Crippen LogP contribution is 2.44. The fourth-order valence-corrected chi connectivity index (χ4v) is 7.84. The predicted molar refractivity (Wildman–Crippen MR) is 237 cm³/mol. The van der Waals surface area contributed by atoms with Crippen LogP contribution in [0, 0.1) is 0 Å². The van der Waals surface area contributed by atoms with E-state index >= 15 is 0 Å². The Balaban J connectivity index is 1.24. The molecule has 12 rings (SSSR count). The summed E-state index contributed by atoms with van der Waals surface area (Å²) in [6.07, 6.45) is 0. The van der Waals surface area contributed by atoms with Crippen molar-refractivity contribution in [2.45, 2.75) is 0 Å². The molecule has 0 unspecified atom stereocenters. The van der Waals surface area contributed by atoms with Gasteiger partial charge in [-0.2, -0.15) is 0 Å². The van der Waals surface area contributed by atoms with Crippen molar-refractivity contribution < 1.29 is 19.8 Å². The molecule has 0 amide bonds. The van der Waals surface area contributed by atoms with Gasteiger partial charge in [0.05, 0.1) is 11.0 Å². The van der Waals surface area contributed by atoms with Gasteiger partial charge in [0, 0.05) is 49.0 Å². The van der Waals surface area contributed by atoms with Crippen molar-refractivity contribution >= 4 is 65.4 Å². The average Bonchev–Trinajstić information content (AvgIpc) is 3.92. The maximum absolute atomic E-state index is 9.91. The van der Waals surface area contributed by atoms with Crippen molar-refractivity contribution in [3.63, 3.8) is 0 Å². The Labute approximate surface area is 343 Å². The summed E-state index contributed by atoms with van der Waals surface area (Å²) < 4.78 is 88.2. The van der Waals surface area contributed by atoms with Gasteiger partial charge in [0.1, 0.15) is 22.3 Å². The Kier molecular flexibility index (Phi) is 5.60. The lowest BCUT2D eigenvalue weighted by Gasteiger charge is -2.12. The van der Waals surface area contributed by atoms with Crippen molar-refractivity contribution in [1.82, 2.24) is 15.0 Å². The molecule has 0 aliphatic heterocycles. The highest BCUT2D eigenvalue weighted by atomic mass is 16.3. The minimum atomic E-state index is -0.141. The van der Waals surface area contributed by atoms with E-state index in [9.17, 15) is 5.48 Å². The molecule has 5 heteroatoms. The van der Waals surface area contributed by atoms with E-state index in [0.29, 0.717) is 38.2 Å². The minimum Gasteiger partial charge on any atom is -0.455 e. The van der Waals surface area contributed by atoms with Gasteiger partial charge in [-0.1, -0.05) is 152 Å². The van der Waals surface area contributed by atoms with Crippen LogP contribution in [-0.2, 0) is 0 Å². The summed E-state index contributed by atoms with van der Waals surface area (Å²) in [5, 5.41) is 2.45. The number of aromatic nitrogens is 3. The summed E-state index contributed by atoms with van der Waals surface area (Å²) in [4.78, 5) is 15.2. The second-order valence-corrected chi connectivity index (χ2v) is 14.0. The molecule has 12 aromatic rings. The van der Waals surface area contributed by atoms with Gasteiger partial charge >= 0.3 is 0 Å². The van der Waals surface area contributed by atoms with Gasteiger partial charge in [0.25, 0.3) is 0 Å². The zero-order valence-electron chi connectivity index (χ0n) is 38.4. The van der Waals surface area contributed by atoms with E-state index in [1.165, 1.54) is 24.3 Å². The first-order chi connectivity index (χ1) is 32.1. The molecule has 0 atom stereocenters. The zero-order valence-corrected chi connectivity index (χ0v) is 30.4. The highest BCUT2D eigenvalue weighted by Gasteiger charge is 2.23. The lowest BCUT2D eigenvalue weighted by atomic mass is 9.97. The number of hydrogen-bond donors (Lipinski definition) is 0. The van der Waals surface area contributed by atoms with Gasteiger partial charge in [0.15, 0.2) is 17.5 Å². The molecular weight excluding hydrogens is 711 g/mol. The third-order valence-electron chi connectivity index (χ3n) is 10.5. The van der Waals surface area contributed by atoms with Crippen LogP contribution in [0.15, 0.2) is 197 Å². The zero-order chi connectivity index (χ0) is 45.1. The third kappa shape index (κ3) is 5.14. The van der Waals surface area contributed by atoms with Crippen molar-refractivity contribution in [3.8, 4) is 56.4 Å². The van der Waals surface area contributed by atoms with E-state index in [1.807, 2.05) is 115 Å². The molecule has 0 aliphatic carbocycles. The maximum Gasteiger partial charge on any atom is 0.164 e. The molecular formula is C53H31N3O2. The molecule has 270 valence electrons. The van der Waals surface area contributed by atoms with Gasteiger partial charge in [-0.15, -0.1) is 0 Å². The topological polar surface area (TPSA) is 65.0 Å². The van der Waals surface area contributed by atoms with Crippen LogP contribution >= 0.6 is 0 Å². The molecule has 58 heavy (non-hydrogen) atoms. The van der Waals surface area contributed by atoms with Crippen LogP contribution in [0.25, 0.3) is 122 Å². The van der Waals surface area contributed by atoms with Gasteiger partial charge < -0.3 is 8.83 Å². The summed E-state index contributed by atoms with van der Waals surface area (Å²) in [7, 11) is 0. The summed E-state index contributed by atoms with van der Waals surface area (Å²) in [6.45, 7) is 0. The first-order valence-corrected chi connectivity index (χ1v) is 18.8. The van der Waals surface area contributed by atoms with E-state index in [4.69, 9.17) is 29.3 Å². The van der Waals surface area contributed by atoms with Crippen LogP contribution in [-0.4, -0.2) is 15.0 Å². The smallest absolute Gasteiger partial charge is 0.164 e. The van der Waals surface area contributed by atoms with E-state index in [0.717, 1.165) is 11.1 Å². The average molecular weight is 750 g/mol. The third-order valence-corrected chi connectivity index (χ3v) is 10.5. The van der Waals surface area contributed by atoms with Gasteiger partial charge in [-0.05, 0) is 69.3 Å². The molecule has 0 spiro atoms. The Morgan fingerprint density at radius 2 is 0.759 bits per heavy atom. The van der Waals surface area contributed by atoms with Crippen LogP contribution in [0.3, 0.4) is 0 Å². The summed E-state index contributed by atoms with van der Waals surface area (Å²) >= 11 is 0. The van der Waals surface area contributed by atoms with E-state index in [1.54, 1.807) is 0 Å². The molecule has 0 fully saturated rings. The molecule has 0 aliphatic rings. The fourth-order valence-electron chi connectivity index (χ4n) is 7.84. The minimum absolute atomic E-state index is 0.000217. The Morgan fingerprint density at radius 1 is 0.345 bits per heavy atom. The first kappa shape index (κ1) is 25.3. The van der Waals surface area contributed by atoms with Crippen molar-refractivity contribution in [1.29, 1.82) is 0 Å². The normalized spacial score (nSPS) is 13.7. The molecule has 3 aromatic heterocycles. The second kappa shape index (κ2) is 12.8. The van der Waals surface area contributed by atoms with Crippen LogP contribution < -0.4 is 0 Å². The first-order valence-electron chi connectivity index (χ1n) is 22.8. The number of fused-ring (bicyclic) bond motifs is 10. The molecule has 9 aromatic carbocycles. The lowest BCUT2D eigenvalue weighted by molar-refractivity contribution is 0.672. The largest absolute Gasteiger partial charge is 0.455 e. The number of nitrogens with zero attached hydrogens (tertiary/aromatic N) is 3. The van der Waals surface area contributed by atoms with Gasteiger partial charge in [-0.25, -0.2) is 15.0 Å². The number of benzene rings is 9. The summed E-state index contributed by atoms with van der Waals surface area (Å²) in [5.41, 5.74) is 4.60. The van der Waals surface area contributed by atoms with E-state index in [-0.39, 0.29) is 121 Å². The molecule has 0 N–H and O–H groups in total. The van der Waals surface area contributed by atoms with Crippen LogP contribution in [0.1, 0.15) is 11.0 Å². The second-order valence-electron chi connectivity index (χ2n) is 14.0. The van der Waals surface area contributed by atoms with E-state index < -0.39 is 0 Å². The van der Waals surface area contributed by atoms with Crippen LogP contribution in [0.4, 0.5) is 0 Å². The van der Waals surface area contributed by atoms with Gasteiger partial charge in [0.2, 0.25) is 0 Å². The maximum atomic E-state index is 9.91. The molecule has 0 saturated heterocycles. The number of rotatable bonds is 5. The molecule has 0 bridgehead atoms. The molecule has 0 radical (unpaired) electrons. The molecule has 5 nitrogen and oxygen atoms in total. The van der Waals surface area contributed by atoms with Crippen molar-refractivity contribution in [3.05, 3.63) is 188 Å². The number of hydrogen-bond acceptors (Lipinski definition) is 5. The van der Waals surface area contributed by atoms with Crippen LogP contribution in [0.5, 0.6) is 0 Å². The Hall–Kier alpha value is -7.89. The standard InChI is InChI=1S/C53H31N3O2/c1-4-14-32(15-5-1)35-24-26-41-45(30-35)57-49-39-22-12-10-20-37(39)28-43(47(41)49)52-54-51(34-18-8-3-9-19-34)55-53(56-52)44-29-38-21-11-13-23-40(38)50-48(44)42-27-25-36(31-46(42)58-50)33-16-6-2-7-17-33/h1-31H/i20D,21D,22D,23D,28D,29D,30D,31D. The predicted octanol–water partition coefficient (Wildman–Crippen LogP) is 14.3. The lowest BCUT2D eigenvalue weighted by Crippen LogP contribution is -2.01. The summed E-state index contributed by atoms with van der Waals surface area (Å²) in [5.74, 6) is 0.192. The Bertz CT molecular complexity index is 3790. The van der Waals surface area contributed by atoms with E-state index in [2.05, 4.69) is 0 Å². The highest BCUT2D eigenvalue weighted by molar-refractivity contribution is 6.22. The fraction of sp³-hybridized carbons (Fsp3) is 0. The van der Waals surface area contributed by atoms with Crippen molar-refractivity contribution in [2.75, 3.05) is 0 Å². The quantitative estimate of drug-likeness (QED) is 0.175. The summed E-state index contributed by atoms with van der Waals surface area (Å²) in [6, 6.07) is 41.4. The molecule has 3 heterocycles. The van der Waals surface area contributed by atoms with Crippen LogP contribution in [0.2, 0.25) is 0 Å². The molecule has 0 saturated carbocycles. The van der Waals surface area contributed by atoms with Gasteiger partial charge in [-0.3, -0.25) is 0 Å². The number of furan rings is 2. The van der Waals surface area contributed by atoms with Crippen molar-refractivity contribution in [2.24, 2.45) is 0 Å². The monoisotopic (exact) mass is 749 g/mol. The Morgan fingerprint density at radius 3 is 1.22 bits per heavy atom.